The Bertz CT molecular complexity index is 1120. The minimum atomic E-state index is -0.313. The molecule has 0 aliphatic heterocycles. The van der Waals surface area contributed by atoms with Gasteiger partial charge in [0.1, 0.15) is 5.82 Å². The normalized spacial score (nSPS) is 12.1. The monoisotopic (exact) mass is 433 g/mol. The molecule has 170 valence electrons. The van der Waals surface area contributed by atoms with Gasteiger partial charge in [-0.15, -0.1) is 0 Å². The number of carbonyl (C=O) groups excluding carboxylic acids is 1. The van der Waals surface area contributed by atoms with Gasteiger partial charge < -0.3 is 4.90 Å². The van der Waals surface area contributed by atoms with Crippen molar-refractivity contribution in [2.75, 3.05) is 6.54 Å². The lowest BCUT2D eigenvalue weighted by atomic mass is 10.1. The van der Waals surface area contributed by atoms with Crippen molar-refractivity contribution in [3.8, 4) is 5.69 Å². The second-order valence-corrected chi connectivity index (χ2v) is 8.54. The van der Waals surface area contributed by atoms with Gasteiger partial charge in [0.25, 0.3) is 5.56 Å². The Kier molecular flexibility index (Phi) is 8.20. The molecule has 0 spiro atoms. The molecule has 1 amide bonds. The third kappa shape index (κ3) is 5.26. The molecule has 1 unspecified atom stereocenters. The lowest BCUT2D eigenvalue weighted by Crippen LogP contribution is -2.37. The number of carbonyl (C=O) groups is 1. The van der Waals surface area contributed by atoms with Crippen molar-refractivity contribution < 1.29 is 4.79 Å². The first kappa shape index (κ1) is 23.7. The van der Waals surface area contributed by atoms with Gasteiger partial charge in [-0.05, 0) is 56.5 Å². The van der Waals surface area contributed by atoms with E-state index in [1.54, 1.807) is 4.57 Å². The van der Waals surface area contributed by atoms with Crippen LogP contribution in [0.15, 0.2) is 53.3 Å². The molecule has 1 aromatic heterocycles. The fourth-order valence-electron chi connectivity index (χ4n) is 4.21. The second-order valence-electron chi connectivity index (χ2n) is 8.54. The molecule has 5 heteroatoms. The molecule has 3 rings (SSSR count). The predicted octanol–water partition coefficient (Wildman–Crippen LogP) is 5.96. The fraction of sp³-hybridized carbons (Fsp3) is 0.444. The van der Waals surface area contributed by atoms with Gasteiger partial charge in [-0.2, -0.15) is 0 Å². The highest BCUT2D eigenvalue weighted by molar-refractivity contribution is 5.79. The molecule has 0 bridgehead atoms. The van der Waals surface area contributed by atoms with Crippen LogP contribution in [0.3, 0.4) is 0 Å². The van der Waals surface area contributed by atoms with Crippen molar-refractivity contribution in [1.29, 1.82) is 0 Å². The first-order chi connectivity index (χ1) is 15.5. The van der Waals surface area contributed by atoms with Crippen LogP contribution in [-0.4, -0.2) is 26.9 Å². The summed E-state index contributed by atoms with van der Waals surface area (Å²) in [7, 11) is 0. The van der Waals surface area contributed by atoms with E-state index in [2.05, 4.69) is 13.8 Å². The highest BCUT2D eigenvalue weighted by atomic mass is 16.2. The Morgan fingerprint density at radius 2 is 1.81 bits per heavy atom. The molecule has 0 saturated carbocycles. The van der Waals surface area contributed by atoms with E-state index in [-0.39, 0.29) is 17.5 Å². The van der Waals surface area contributed by atoms with Crippen molar-refractivity contribution in [3.05, 3.63) is 70.3 Å². The van der Waals surface area contributed by atoms with Gasteiger partial charge in [-0.1, -0.05) is 57.4 Å². The number of amides is 1. The summed E-state index contributed by atoms with van der Waals surface area (Å²) >= 11 is 0. The quantitative estimate of drug-likeness (QED) is 0.370. The van der Waals surface area contributed by atoms with E-state index >= 15 is 0 Å². The second kappa shape index (κ2) is 11.1. The molecule has 0 N–H and O–H groups in total. The van der Waals surface area contributed by atoms with Crippen molar-refractivity contribution in [1.82, 2.24) is 14.5 Å². The van der Waals surface area contributed by atoms with Gasteiger partial charge in [-0.25, -0.2) is 4.98 Å². The van der Waals surface area contributed by atoms with Gasteiger partial charge in [0.2, 0.25) is 5.91 Å². The maximum absolute atomic E-state index is 13.6. The molecular weight excluding hydrogens is 398 g/mol. The van der Waals surface area contributed by atoms with E-state index in [9.17, 15) is 9.59 Å². The Morgan fingerprint density at radius 1 is 1.03 bits per heavy atom. The third-order valence-corrected chi connectivity index (χ3v) is 5.93. The number of aryl methyl sites for hydroxylation is 1. The molecule has 0 aliphatic rings. The van der Waals surface area contributed by atoms with Crippen LogP contribution in [0, 0.1) is 6.92 Å². The minimum Gasteiger partial charge on any atom is -0.333 e. The number of rotatable bonds is 10. The van der Waals surface area contributed by atoms with E-state index in [1.165, 1.54) is 0 Å². The van der Waals surface area contributed by atoms with Gasteiger partial charge in [0, 0.05) is 13.0 Å². The molecule has 1 heterocycles. The SMILES string of the molecule is CCCCCCC(=O)N(CCC)C(C)c1nc2ccccc2c(=O)n1-c1cccc(C)c1. The summed E-state index contributed by atoms with van der Waals surface area (Å²) in [6.45, 7) is 8.89. The zero-order chi connectivity index (χ0) is 23.1. The number of hydrogen-bond acceptors (Lipinski definition) is 3. The van der Waals surface area contributed by atoms with E-state index in [4.69, 9.17) is 4.98 Å². The Morgan fingerprint density at radius 3 is 2.53 bits per heavy atom. The summed E-state index contributed by atoms with van der Waals surface area (Å²) in [4.78, 5) is 33.6. The maximum Gasteiger partial charge on any atom is 0.266 e. The molecule has 2 aromatic carbocycles. The third-order valence-electron chi connectivity index (χ3n) is 5.93. The highest BCUT2D eigenvalue weighted by Gasteiger charge is 2.26. The van der Waals surface area contributed by atoms with Crippen LogP contribution < -0.4 is 5.56 Å². The molecule has 0 radical (unpaired) electrons. The summed E-state index contributed by atoms with van der Waals surface area (Å²) < 4.78 is 1.69. The summed E-state index contributed by atoms with van der Waals surface area (Å²) in [5.41, 5.74) is 2.41. The number of aromatic nitrogens is 2. The molecular formula is C27H35N3O2. The number of benzene rings is 2. The molecule has 0 fully saturated rings. The van der Waals surface area contributed by atoms with E-state index in [0.717, 1.165) is 43.4 Å². The maximum atomic E-state index is 13.6. The predicted molar refractivity (Wildman–Crippen MR) is 131 cm³/mol. The largest absolute Gasteiger partial charge is 0.333 e. The van der Waals surface area contributed by atoms with Crippen LogP contribution in [-0.2, 0) is 4.79 Å². The molecule has 0 saturated heterocycles. The Labute approximate surface area is 191 Å². The average molecular weight is 434 g/mol. The summed E-state index contributed by atoms with van der Waals surface area (Å²) in [5.74, 6) is 0.739. The Hall–Kier alpha value is -2.95. The van der Waals surface area contributed by atoms with Crippen LogP contribution in [0.2, 0.25) is 0 Å². The number of hydrogen-bond donors (Lipinski definition) is 0. The molecule has 32 heavy (non-hydrogen) atoms. The first-order valence-corrected chi connectivity index (χ1v) is 11.9. The standard InChI is InChI=1S/C27H35N3O2/c1-5-7-8-9-17-25(31)29(18-6-2)21(4)26-28-24-16-11-10-15-23(24)27(32)30(26)22-14-12-13-20(3)19-22/h10-16,19,21H,5-9,17-18H2,1-4H3. The van der Waals surface area contributed by atoms with Crippen molar-refractivity contribution in [2.45, 2.75) is 72.3 Å². The average Bonchev–Trinajstić information content (AvgIpc) is 2.79. The van der Waals surface area contributed by atoms with Crippen LogP contribution >= 0.6 is 0 Å². The minimum absolute atomic E-state index is 0.102. The van der Waals surface area contributed by atoms with Gasteiger partial charge in [-0.3, -0.25) is 14.2 Å². The zero-order valence-electron chi connectivity index (χ0n) is 19.8. The topological polar surface area (TPSA) is 55.2 Å². The molecule has 0 aliphatic carbocycles. The fourth-order valence-corrected chi connectivity index (χ4v) is 4.21. The highest BCUT2D eigenvalue weighted by Crippen LogP contribution is 2.24. The summed E-state index contributed by atoms with van der Waals surface area (Å²) in [6, 6.07) is 15.0. The summed E-state index contributed by atoms with van der Waals surface area (Å²) in [5, 5.41) is 0.581. The van der Waals surface area contributed by atoms with Gasteiger partial charge in [0.15, 0.2) is 0 Å². The lowest BCUT2D eigenvalue weighted by Gasteiger charge is -2.30. The number of para-hydroxylation sites is 1. The molecule has 5 nitrogen and oxygen atoms in total. The van der Waals surface area contributed by atoms with Crippen molar-refractivity contribution in [3.63, 3.8) is 0 Å². The zero-order valence-corrected chi connectivity index (χ0v) is 19.8. The van der Waals surface area contributed by atoms with Gasteiger partial charge >= 0.3 is 0 Å². The Balaban J connectivity index is 2.09. The smallest absolute Gasteiger partial charge is 0.266 e. The van der Waals surface area contributed by atoms with E-state index in [1.807, 2.05) is 67.3 Å². The van der Waals surface area contributed by atoms with Crippen LogP contribution in [0.1, 0.15) is 76.7 Å². The van der Waals surface area contributed by atoms with Crippen LogP contribution in [0.25, 0.3) is 16.6 Å². The molecule has 3 aromatic rings. The van der Waals surface area contributed by atoms with Gasteiger partial charge in [0.05, 0.1) is 22.6 Å². The van der Waals surface area contributed by atoms with Crippen LogP contribution in [0.4, 0.5) is 0 Å². The number of fused-ring (bicyclic) bond motifs is 1. The van der Waals surface area contributed by atoms with E-state index < -0.39 is 0 Å². The molecule has 1 atom stereocenters. The van der Waals surface area contributed by atoms with Crippen molar-refractivity contribution in [2.24, 2.45) is 0 Å². The van der Waals surface area contributed by atoms with Crippen LogP contribution in [0.5, 0.6) is 0 Å². The lowest BCUT2D eigenvalue weighted by molar-refractivity contribution is -0.133. The first-order valence-electron chi connectivity index (χ1n) is 11.9. The number of unbranched alkanes of at least 4 members (excludes halogenated alkanes) is 3. The van der Waals surface area contributed by atoms with E-state index in [0.29, 0.717) is 29.7 Å². The van der Waals surface area contributed by atoms with Crippen molar-refractivity contribution >= 4 is 16.8 Å². The number of nitrogens with zero attached hydrogens (tertiary/aromatic N) is 3. The summed E-state index contributed by atoms with van der Waals surface area (Å²) in [6.07, 6.45) is 5.65.